The van der Waals surface area contributed by atoms with Crippen LogP contribution in [0.25, 0.3) is 0 Å². The third kappa shape index (κ3) is 2.98. The Hall–Kier alpha value is -1.48. The standard InChI is InChI=1S/C11H14N2O5S2/c1-6(14)8-7(9(15)16)12-10(19-8)13-11(2)3-4-20(17,18)5-11/h3-5H2,1-2H3,(H,12,13)(H,15,16). The van der Waals surface area contributed by atoms with Crippen molar-refractivity contribution >= 4 is 38.1 Å². The summed E-state index contributed by atoms with van der Waals surface area (Å²) in [6.07, 6.45) is 0.423. The molecular formula is C11H14N2O5S2. The van der Waals surface area contributed by atoms with Gasteiger partial charge in [0.2, 0.25) is 0 Å². The largest absolute Gasteiger partial charge is 0.476 e. The first-order valence-electron chi connectivity index (χ1n) is 5.86. The van der Waals surface area contributed by atoms with E-state index in [1.165, 1.54) is 6.92 Å². The van der Waals surface area contributed by atoms with Crippen molar-refractivity contribution < 1.29 is 23.1 Å². The summed E-state index contributed by atoms with van der Waals surface area (Å²) < 4.78 is 23.0. The predicted octanol–water partition coefficient (Wildman–Crippen LogP) is 1.03. The van der Waals surface area contributed by atoms with Crippen molar-refractivity contribution in [2.45, 2.75) is 25.8 Å². The van der Waals surface area contributed by atoms with Crippen molar-refractivity contribution in [1.82, 2.24) is 4.98 Å². The molecule has 0 amide bonds. The molecule has 20 heavy (non-hydrogen) atoms. The summed E-state index contributed by atoms with van der Waals surface area (Å²) in [7, 11) is -3.08. The van der Waals surface area contributed by atoms with Gasteiger partial charge in [-0.3, -0.25) is 4.79 Å². The molecule has 2 heterocycles. The number of Topliss-reactive ketones (excluding diaryl/α,β-unsaturated/α-hetero) is 1. The average Bonchev–Trinajstić information content (AvgIpc) is 2.80. The number of carboxylic acid groups (broad SMARTS) is 1. The van der Waals surface area contributed by atoms with Crippen molar-refractivity contribution in [3.8, 4) is 0 Å². The summed E-state index contributed by atoms with van der Waals surface area (Å²) >= 11 is 0.934. The quantitative estimate of drug-likeness (QED) is 0.797. The number of nitrogens with one attached hydrogen (secondary N) is 1. The van der Waals surface area contributed by atoms with E-state index >= 15 is 0 Å². The van der Waals surface area contributed by atoms with E-state index in [4.69, 9.17) is 5.11 Å². The van der Waals surface area contributed by atoms with Crippen molar-refractivity contribution in [1.29, 1.82) is 0 Å². The van der Waals surface area contributed by atoms with Crippen molar-refractivity contribution in [3.05, 3.63) is 10.6 Å². The fraction of sp³-hybridized carbons (Fsp3) is 0.545. The number of rotatable bonds is 4. The highest BCUT2D eigenvalue weighted by molar-refractivity contribution is 7.91. The SMILES string of the molecule is CC(=O)c1sc(NC2(C)CCS(=O)(=O)C2)nc1C(=O)O. The molecule has 2 rings (SSSR count). The van der Waals surface area contributed by atoms with Crippen LogP contribution in [0.4, 0.5) is 5.13 Å². The molecule has 0 radical (unpaired) electrons. The fourth-order valence-electron chi connectivity index (χ4n) is 2.12. The van der Waals surface area contributed by atoms with Gasteiger partial charge in [0, 0.05) is 6.92 Å². The molecule has 0 saturated carbocycles. The van der Waals surface area contributed by atoms with Crippen molar-refractivity contribution in [3.63, 3.8) is 0 Å². The first kappa shape index (κ1) is 14.9. The van der Waals surface area contributed by atoms with Gasteiger partial charge in [-0.05, 0) is 13.3 Å². The van der Waals surface area contributed by atoms with Crippen molar-refractivity contribution in [2.75, 3.05) is 16.8 Å². The number of aromatic carboxylic acids is 1. The van der Waals surface area contributed by atoms with Crippen LogP contribution in [0, 0.1) is 0 Å². The van der Waals surface area contributed by atoms with E-state index in [9.17, 15) is 18.0 Å². The van der Waals surface area contributed by atoms with Crippen LogP contribution in [0.5, 0.6) is 0 Å². The molecule has 1 aromatic rings. The van der Waals surface area contributed by atoms with E-state index in [0.29, 0.717) is 6.42 Å². The smallest absolute Gasteiger partial charge is 0.356 e. The minimum atomic E-state index is -3.08. The van der Waals surface area contributed by atoms with E-state index in [1.807, 2.05) is 0 Å². The van der Waals surface area contributed by atoms with Crippen LogP contribution in [0.1, 0.15) is 40.4 Å². The number of carbonyl (C=O) groups is 2. The van der Waals surface area contributed by atoms with Gasteiger partial charge < -0.3 is 10.4 Å². The number of thiazole rings is 1. The van der Waals surface area contributed by atoms with E-state index in [1.54, 1.807) is 6.92 Å². The van der Waals surface area contributed by atoms with E-state index in [-0.39, 0.29) is 33.0 Å². The van der Waals surface area contributed by atoms with Crippen LogP contribution in [0.3, 0.4) is 0 Å². The highest BCUT2D eigenvalue weighted by Gasteiger charge is 2.39. The van der Waals surface area contributed by atoms with E-state index < -0.39 is 21.3 Å². The zero-order valence-electron chi connectivity index (χ0n) is 11.0. The van der Waals surface area contributed by atoms with Gasteiger partial charge in [0.15, 0.2) is 26.4 Å². The summed E-state index contributed by atoms with van der Waals surface area (Å²) in [5.41, 5.74) is -0.977. The normalized spacial score (nSPS) is 24.5. The second kappa shape index (κ2) is 4.81. The number of hydrogen-bond donors (Lipinski definition) is 2. The van der Waals surface area contributed by atoms with Gasteiger partial charge in [-0.2, -0.15) is 0 Å². The maximum Gasteiger partial charge on any atom is 0.356 e. The maximum absolute atomic E-state index is 11.5. The fourth-order valence-corrected chi connectivity index (χ4v) is 5.22. The summed E-state index contributed by atoms with van der Waals surface area (Å²) in [6.45, 7) is 3.01. The van der Waals surface area contributed by atoms with Gasteiger partial charge in [-0.25, -0.2) is 18.2 Å². The molecule has 1 aliphatic rings. The Balaban J connectivity index is 2.29. The number of anilines is 1. The lowest BCUT2D eigenvalue weighted by Gasteiger charge is -2.23. The molecule has 0 spiro atoms. The van der Waals surface area contributed by atoms with E-state index in [2.05, 4.69) is 10.3 Å². The zero-order chi connectivity index (χ0) is 15.1. The van der Waals surface area contributed by atoms with Gasteiger partial charge >= 0.3 is 5.97 Å². The third-order valence-electron chi connectivity index (χ3n) is 3.06. The number of aromatic nitrogens is 1. The molecule has 9 heteroatoms. The lowest BCUT2D eigenvalue weighted by Crippen LogP contribution is -2.35. The van der Waals surface area contributed by atoms with Crippen LogP contribution in [0.2, 0.25) is 0 Å². The summed E-state index contributed by atoms with van der Waals surface area (Å²) in [5.74, 6) is -1.59. The number of hydrogen-bond acceptors (Lipinski definition) is 7. The van der Waals surface area contributed by atoms with Crippen LogP contribution >= 0.6 is 11.3 Å². The Morgan fingerprint density at radius 3 is 2.50 bits per heavy atom. The van der Waals surface area contributed by atoms with Crippen LogP contribution < -0.4 is 5.32 Å². The van der Waals surface area contributed by atoms with Crippen molar-refractivity contribution in [2.24, 2.45) is 0 Å². The van der Waals surface area contributed by atoms with Gasteiger partial charge in [0.25, 0.3) is 0 Å². The monoisotopic (exact) mass is 318 g/mol. The Kier molecular flexibility index (Phi) is 3.59. The number of carboxylic acids is 1. The first-order valence-corrected chi connectivity index (χ1v) is 8.49. The number of ketones is 1. The molecule has 1 saturated heterocycles. The lowest BCUT2D eigenvalue weighted by molar-refractivity contribution is 0.0687. The van der Waals surface area contributed by atoms with Gasteiger partial charge in [0.1, 0.15) is 4.88 Å². The molecule has 1 atom stereocenters. The van der Waals surface area contributed by atoms with Gasteiger partial charge in [0.05, 0.1) is 17.0 Å². The number of sulfone groups is 1. The molecule has 7 nitrogen and oxygen atoms in total. The molecule has 0 aliphatic carbocycles. The third-order valence-corrected chi connectivity index (χ3v) is 6.04. The predicted molar refractivity (Wildman–Crippen MR) is 74.4 cm³/mol. The number of nitrogens with zero attached hydrogens (tertiary/aromatic N) is 1. The summed E-state index contributed by atoms with van der Waals surface area (Å²) in [5, 5.41) is 12.2. The van der Waals surface area contributed by atoms with Crippen LogP contribution in [-0.4, -0.2) is 47.3 Å². The van der Waals surface area contributed by atoms with E-state index in [0.717, 1.165) is 11.3 Å². The summed E-state index contributed by atoms with van der Waals surface area (Å²) in [4.78, 5) is 26.4. The second-order valence-electron chi connectivity index (χ2n) is 5.09. The minimum Gasteiger partial charge on any atom is -0.476 e. The summed E-state index contributed by atoms with van der Waals surface area (Å²) in [6, 6.07) is 0. The highest BCUT2D eigenvalue weighted by Crippen LogP contribution is 2.31. The average molecular weight is 318 g/mol. The molecule has 1 aliphatic heterocycles. The molecule has 1 fully saturated rings. The topological polar surface area (TPSA) is 113 Å². The molecule has 1 aromatic heterocycles. The van der Waals surface area contributed by atoms with Crippen LogP contribution in [0.15, 0.2) is 0 Å². The molecule has 2 N–H and O–H groups in total. The second-order valence-corrected chi connectivity index (χ2v) is 8.27. The molecule has 0 aromatic carbocycles. The first-order chi connectivity index (χ1) is 9.12. The molecular weight excluding hydrogens is 304 g/mol. The number of carbonyl (C=O) groups excluding carboxylic acids is 1. The Morgan fingerprint density at radius 2 is 2.10 bits per heavy atom. The molecule has 0 bridgehead atoms. The Morgan fingerprint density at radius 1 is 1.45 bits per heavy atom. The molecule has 110 valence electrons. The van der Waals surface area contributed by atoms with Crippen LogP contribution in [-0.2, 0) is 9.84 Å². The van der Waals surface area contributed by atoms with Gasteiger partial charge in [-0.1, -0.05) is 11.3 Å². The molecule has 1 unspecified atom stereocenters. The van der Waals surface area contributed by atoms with Gasteiger partial charge in [-0.15, -0.1) is 0 Å². The Bertz CT molecular complexity index is 647. The maximum atomic E-state index is 11.5. The Labute approximate surface area is 119 Å². The lowest BCUT2D eigenvalue weighted by atomic mass is 10.0. The highest BCUT2D eigenvalue weighted by atomic mass is 32.2. The zero-order valence-corrected chi connectivity index (χ0v) is 12.6. The minimum absolute atomic E-state index is 0.0304.